The van der Waals surface area contributed by atoms with Crippen molar-refractivity contribution in [2.75, 3.05) is 13.2 Å². The quantitative estimate of drug-likeness (QED) is 0.726. The maximum atomic E-state index is 12.8. The number of nitrogens with one attached hydrogen (secondary N) is 1. The van der Waals surface area contributed by atoms with E-state index in [1.165, 1.54) is 16.0 Å². The van der Waals surface area contributed by atoms with Crippen LogP contribution in [0.2, 0.25) is 0 Å². The van der Waals surface area contributed by atoms with Crippen LogP contribution in [-0.2, 0) is 14.3 Å². The molecular weight excluding hydrogens is 420 g/mol. The Bertz CT molecular complexity index is 1040. The van der Waals surface area contributed by atoms with E-state index in [9.17, 15) is 19.5 Å². The van der Waals surface area contributed by atoms with Crippen molar-refractivity contribution in [3.05, 3.63) is 59.7 Å². The minimum Gasteiger partial charge on any atom is -0.480 e. The molecule has 2 amide bonds. The Balaban J connectivity index is 1.16. The third-order valence-corrected chi connectivity index (χ3v) is 7.27. The molecule has 2 aromatic carbocycles. The molecule has 2 fully saturated rings. The van der Waals surface area contributed by atoms with Crippen molar-refractivity contribution < 1.29 is 24.2 Å². The molecule has 1 saturated carbocycles. The number of carbonyl (C=O) groups is 3. The predicted octanol–water partition coefficient (Wildman–Crippen LogP) is 3.77. The molecule has 7 heteroatoms. The van der Waals surface area contributed by atoms with Crippen molar-refractivity contribution >= 4 is 18.0 Å². The van der Waals surface area contributed by atoms with Crippen molar-refractivity contribution in [2.24, 2.45) is 5.92 Å². The van der Waals surface area contributed by atoms with Crippen LogP contribution in [0.5, 0.6) is 0 Å². The summed E-state index contributed by atoms with van der Waals surface area (Å²) in [6, 6.07) is 15.5. The summed E-state index contributed by atoms with van der Waals surface area (Å²) in [6.45, 7) is 0.750. The van der Waals surface area contributed by atoms with Crippen LogP contribution in [0.25, 0.3) is 11.1 Å². The van der Waals surface area contributed by atoms with Gasteiger partial charge in [0.15, 0.2) is 0 Å². The third-order valence-electron chi connectivity index (χ3n) is 7.27. The number of nitrogens with zero attached hydrogens (tertiary/aromatic N) is 1. The zero-order valence-electron chi connectivity index (χ0n) is 18.4. The molecule has 33 heavy (non-hydrogen) atoms. The molecule has 1 saturated heterocycles. The lowest BCUT2D eigenvalue weighted by Crippen LogP contribution is -2.43. The summed E-state index contributed by atoms with van der Waals surface area (Å²) < 4.78 is 5.62. The Hall–Kier alpha value is -3.35. The Morgan fingerprint density at radius 3 is 2.30 bits per heavy atom. The van der Waals surface area contributed by atoms with Crippen molar-refractivity contribution in [3.8, 4) is 11.1 Å². The number of carboxylic acids is 1. The Morgan fingerprint density at radius 2 is 1.64 bits per heavy atom. The zero-order chi connectivity index (χ0) is 22.9. The van der Waals surface area contributed by atoms with Crippen LogP contribution in [0, 0.1) is 5.92 Å². The number of carbonyl (C=O) groups excluding carboxylic acids is 2. The number of amides is 2. The molecule has 0 bridgehead atoms. The molecule has 1 aliphatic heterocycles. The highest BCUT2D eigenvalue weighted by molar-refractivity contribution is 5.86. The van der Waals surface area contributed by atoms with Crippen LogP contribution in [0.3, 0.4) is 0 Å². The lowest BCUT2D eigenvalue weighted by molar-refractivity contribution is -0.149. The van der Waals surface area contributed by atoms with Gasteiger partial charge in [-0.25, -0.2) is 9.59 Å². The zero-order valence-corrected chi connectivity index (χ0v) is 18.4. The number of fused-ring (bicyclic) bond motifs is 3. The average Bonchev–Trinajstić information content (AvgIpc) is 3.55. The summed E-state index contributed by atoms with van der Waals surface area (Å²) in [5.74, 6) is -1.28. The largest absolute Gasteiger partial charge is 0.480 e. The molecule has 3 aliphatic rings. The summed E-state index contributed by atoms with van der Waals surface area (Å²) in [7, 11) is 0. The third kappa shape index (κ3) is 4.08. The number of hydrogen-bond donors (Lipinski definition) is 2. The maximum absolute atomic E-state index is 12.8. The topological polar surface area (TPSA) is 95.9 Å². The summed E-state index contributed by atoms with van der Waals surface area (Å²) in [5.41, 5.74) is 4.69. The molecule has 2 N–H and O–H groups in total. The highest BCUT2D eigenvalue weighted by atomic mass is 16.5. The minimum absolute atomic E-state index is 0.00386. The fraction of sp³-hybridized carbons (Fsp3) is 0.423. The van der Waals surface area contributed by atoms with Gasteiger partial charge in [-0.3, -0.25) is 4.79 Å². The van der Waals surface area contributed by atoms with Crippen molar-refractivity contribution in [1.82, 2.24) is 10.2 Å². The van der Waals surface area contributed by atoms with E-state index in [0.29, 0.717) is 32.2 Å². The highest BCUT2D eigenvalue weighted by Gasteiger charge is 2.40. The molecule has 0 spiro atoms. The molecule has 2 aliphatic carbocycles. The SMILES string of the molecule is O=C(N[C@@H]1CC[C@H](C(=O)N2CCC[C@H]2C(=O)O)C1)OCC1c2ccccc2-c2ccccc21. The normalized spacial score (nSPS) is 23.8. The second-order valence-corrected chi connectivity index (χ2v) is 9.20. The number of ether oxygens (including phenoxy) is 1. The highest BCUT2D eigenvalue weighted by Crippen LogP contribution is 2.44. The first-order valence-electron chi connectivity index (χ1n) is 11.7. The van der Waals surface area contributed by atoms with Gasteiger partial charge in [-0.15, -0.1) is 0 Å². The Labute approximate surface area is 192 Å². The summed E-state index contributed by atoms with van der Waals surface area (Å²) in [5, 5.41) is 12.3. The lowest BCUT2D eigenvalue weighted by Gasteiger charge is -2.24. The predicted molar refractivity (Wildman–Crippen MR) is 122 cm³/mol. The summed E-state index contributed by atoms with van der Waals surface area (Å²) >= 11 is 0. The number of hydrogen-bond acceptors (Lipinski definition) is 4. The smallest absolute Gasteiger partial charge is 0.407 e. The molecule has 172 valence electrons. The average molecular weight is 449 g/mol. The van der Waals surface area contributed by atoms with Gasteiger partial charge in [0.1, 0.15) is 12.6 Å². The van der Waals surface area contributed by atoms with E-state index in [2.05, 4.69) is 29.6 Å². The standard InChI is InChI=1S/C26H28N2O5/c29-24(28-13-5-10-23(28)25(30)31)16-11-12-17(14-16)27-26(32)33-15-22-20-8-3-1-6-18(20)19-7-2-4-9-21(19)22/h1-4,6-9,16-17,22-23H,5,10-15H2,(H,27,32)(H,30,31)/t16-,17+,23-/m0/s1. The van der Waals surface area contributed by atoms with E-state index in [1.54, 1.807) is 0 Å². The van der Waals surface area contributed by atoms with Gasteiger partial charge < -0.3 is 20.1 Å². The van der Waals surface area contributed by atoms with Gasteiger partial charge >= 0.3 is 12.1 Å². The number of alkyl carbamates (subject to hydrolysis) is 1. The minimum atomic E-state index is -0.938. The maximum Gasteiger partial charge on any atom is 0.407 e. The van der Waals surface area contributed by atoms with E-state index in [4.69, 9.17) is 4.74 Å². The molecular formula is C26H28N2O5. The van der Waals surface area contributed by atoms with Crippen LogP contribution in [0.15, 0.2) is 48.5 Å². The van der Waals surface area contributed by atoms with E-state index in [-0.39, 0.29) is 30.4 Å². The van der Waals surface area contributed by atoms with Crippen LogP contribution < -0.4 is 5.32 Å². The van der Waals surface area contributed by atoms with Gasteiger partial charge in [-0.1, -0.05) is 48.5 Å². The molecule has 5 rings (SSSR count). The summed E-state index contributed by atoms with van der Waals surface area (Å²) in [6.07, 6.45) is 2.61. The van der Waals surface area contributed by atoms with Crippen molar-refractivity contribution in [3.63, 3.8) is 0 Å². The molecule has 0 aromatic heterocycles. The van der Waals surface area contributed by atoms with Crippen LogP contribution >= 0.6 is 0 Å². The van der Waals surface area contributed by atoms with Gasteiger partial charge in [-0.2, -0.15) is 0 Å². The number of benzene rings is 2. The first-order valence-corrected chi connectivity index (χ1v) is 11.7. The monoisotopic (exact) mass is 448 g/mol. The van der Waals surface area contributed by atoms with E-state index in [0.717, 1.165) is 17.5 Å². The number of likely N-dealkylation sites (tertiary alicyclic amines) is 1. The van der Waals surface area contributed by atoms with Gasteiger partial charge in [0.25, 0.3) is 0 Å². The lowest BCUT2D eigenvalue weighted by atomic mass is 9.98. The molecule has 7 nitrogen and oxygen atoms in total. The second-order valence-electron chi connectivity index (χ2n) is 9.20. The number of rotatable bonds is 5. The molecule has 2 aromatic rings. The second kappa shape index (κ2) is 8.89. The van der Waals surface area contributed by atoms with Crippen LogP contribution in [0.1, 0.15) is 49.1 Å². The number of carboxylic acid groups (broad SMARTS) is 1. The Kier molecular flexibility index (Phi) is 5.79. The molecule has 0 unspecified atom stereocenters. The fourth-order valence-corrected chi connectivity index (χ4v) is 5.67. The first-order chi connectivity index (χ1) is 16.0. The first kappa shape index (κ1) is 21.5. The Morgan fingerprint density at radius 1 is 0.970 bits per heavy atom. The van der Waals surface area contributed by atoms with Gasteiger partial charge in [0.2, 0.25) is 5.91 Å². The molecule has 1 heterocycles. The van der Waals surface area contributed by atoms with E-state index >= 15 is 0 Å². The van der Waals surface area contributed by atoms with E-state index < -0.39 is 18.1 Å². The summed E-state index contributed by atoms with van der Waals surface area (Å²) in [4.78, 5) is 38.3. The number of aliphatic carboxylic acids is 1. The fourth-order valence-electron chi connectivity index (χ4n) is 5.67. The molecule has 0 radical (unpaired) electrons. The van der Waals surface area contributed by atoms with Crippen LogP contribution in [0.4, 0.5) is 4.79 Å². The van der Waals surface area contributed by atoms with Crippen molar-refractivity contribution in [2.45, 2.75) is 50.1 Å². The molecule has 3 atom stereocenters. The van der Waals surface area contributed by atoms with Gasteiger partial charge in [0.05, 0.1) is 0 Å². The van der Waals surface area contributed by atoms with Crippen LogP contribution in [-0.4, -0.2) is 53.2 Å². The van der Waals surface area contributed by atoms with E-state index in [1.807, 2.05) is 24.3 Å². The van der Waals surface area contributed by atoms with Gasteiger partial charge in [0, 0.05) is 24.4 Å². The van der Waals surface area contributed by atoms with Gasteiger partial charge in [-0.05, 0) is 54.4 Å². The van der Waals surface area contributed by atoms with Crippen molar-refractivity contribution in [1.29, 1.82) is 0 Å².